The van der Waals surface area contributed by atoms with E-state index in [4.69, 9.17) is 9.47 Å². The first-order valence-corrected chi connectivity index (χ1v) is 7.79. The molecular formula is C20H18O4. The summed E-state index contributed by atoms with van der Waals surface area (Å²) in [5.41, 5.74) is 0. The van der Waals surface area contributed by atoms with E-state index in [2.05, 4.69) is 0 Å². The predicted molar refractivity (Wildman–Crippen MR) is 93.6 cm³/mol. The third-order valence-corrected chi connectivity index (χ3v) is 3.93. The molecule has 0 unspecified atom stereocenters. The van der Waals surface area contributed by atoms with Crippen molar-refractivity contribution in [2.24, 2.45) is 0 Å². The number of Topliss-reactive ketones (excluding diaryl/α,β-unsaturated/α-hetero) is 1. The van der Waals surface area contributed by atoms with E-state index in [1.54, 1.807) is 7.11 Å². The third-order valence-electron chi connectivity index (χ3n) is 3.93. The summed E-state index contributed by atoms with van der Waals surface area (Å²) in [6.45, 7) is 1.46. The quantitative estimate of drug-likeness (QED) is 0.400. The Balaban J connectivity index is 2.17. The second-order valence-corrected chi connectivity index (χ2v) is 5.63. The summed E-state index contributed by atoms with van der Waals surface area (Å²) in [6, 6.07) is 15.3. The van der Waals surface area contributed by atoms with Crippen LogP contribution in [-0.2, 0) is 9.59 Å². The molecule has 0 bridgehead atoms. The van der Waals surface area contributed by atoms with Gasteiger partial charge < -0.3 is 14.3 Å². The van der Waals surface area contributed by atoms with E-state index in [1.165, 1.54) is 6.92 Å². The van der Waals surface area contributed by atoms with Gasteiger partial charge in [0.2, 0.25) is 0 Å². The van der Waals surface area contributed by atoms with Crippen molar-refractivity contribution < 1.29 is 19.1 Å². The molecule has 24 heavy (non-hydrogen) atoms. The van der Waals surface area contributed by atoms with Crippen LogP contribution in [0.25, 0.3) is 21.5 Å². The molecule has 122 valence electrons. The maximum absolute atomic E-state index is 12.2. The van der Waals surface area contributed by atoms with Gasteiger partial charge in [0.05, 0.1) is 13.5 Å². The number of methoxy groups -OCH3 is 1. The van der Waals surface area contributed by atoms with Crippen LogP contribution < -0.4 is 9.47 Å². The van der Waals surface area contributed by atoms with Gasteiger partial charge in [-0.2, -0.15) is 0 Å². The van der Waals surface area contributed by atoms with E-state index in [0.717, 1.165) is 27.3 Å². The molecule has 0 aliphatic rings. The van der Waals surface area contributed by atoms with Crippen molar-refractivity contribution in [3.05, 3.63) is 48.5 Å². The van der Waals surface area contributed by atoms with E-state index in [9.17, 15) is 9.59 Å². The second kappa shape index (κ2) is 6.71. The minimum Gasteiger partial charge on any atom is -0.495 e. The molecule has 3 aromatic carbocycles. The molecule has 0 fully saturated rings. The van der Waals surface area contributed by atoms with Crippen LogP contribution in [0, 0.1) is 0 Å². The first kappa shape index (κ1) is 16.0. The molecule has 0 N–H and O–H groups in total. The zero-order valence-electron chi connectivity index (χ0n) is 13.7. The van der Waals surface area contributed by atoms with Crippen LogP contribution in [0.5, 0.6) is 11.5 Å². The number of carbonyl (C=O) groups excluding carboxylic acids is 2. The monoisotopic (exact) mass is 322 g/mol. The summed E-state index contributed by atoms with van der Waals surface area (Å²) < 4.78 is 11.2. The molecule has 0 aromatic heterocycles. The molecule has 0 aliphatic heterocycles. The van der Waals surface area contributed by atoms with Gasteiger partial charge in [0.15, 0.2) is 0 Å². The Bertz CT molecular complexity index is 870. The highest BCUT2D eigenvalue weighted by Crippen LogP contribution is 2.42. The summed E-state index contributed by atoms with van der Waals surface area (Å²) >= 11 is 0. The van der Waals surface area contributed by atoms with Crippen LogP contribution >= 0.6 is 0 Å². The summed E-state index contributed by atoms with van der Waals surface area (Å²) in [5, 5.41) is 3.38. The number of esters is 1. The largest absolute Gasteiger partial charge is 0.495 e. The Labute approximate surface area is 140 Å². The topological polar surface area (TPSA) is 52.6 Å². The van der Waals surface area contributed by atoms with Crippen molar-refractivity contribution in [1.82, 2.24) is 0 Å². The van der Waals surface area contributed by atoms with Gasteiger partial charge in [-0.3, -0.25) is 4.79 Å². The molecule has 0 amide bonds. The lowest BCUT2D eigenvalue weighted by Gasteiger charge is -2.15. The average Bonchev–Trinajstić information content (AvgIpc) is 2.60. The number of ketones is 1. The van der Waals surface area contributed by atoms with E-state index in [1.807, 2.05) is 48.5 Å². The first-order chi connectivity index (χ1) is 11.6. The Morgan fingerprint density at radius 3 is 1.67 bits per heavy atom. The molecule has 0 saturated carbocycles. The van der Waals surface area contributed by atoms with Gasteiger partial charge in [0.25, 0.3) is 0 Å². The summed E-state index contributed by atoms with van der Waals surface area (Å²) in [7, 11) is 1.63. The fourth-order valence-electron chi connectivity index (χ4n) is 2.82. The lowest BCUT2D eigenvalue weighted by Crippen LogP contribution is -2.10. The van der Waals surface area contributed by atoms with Crippen molar-refractivity contribution in [3.8, 4) is 11.5 Å². The van der Waals surface area contributed by atoms with E-state index in [-0.39, 0.29) is 18.6 Å². The van der Waals surface area contributed by atoms with E-state index in [0.29, 0.717) is 5.75 Å². The van der Waals surface area contributed by atoms with Crippen LogP contribution in [-0.4, -0.2) is 18.9 Å². The summed E-state index contributed by atoms with van der Waals surface area (Å²) in [5.74, 6) is 0.822. The number of fused-ring (bicyclic) bond motifs is 2. The smallest absolute Gasteiger partial charge is 0.311 e. The minimum absolute atomic E-state index is 0.0311. The van der Waals surface area contributed by atoms with Crippen molar-refractivity contribution >= 4 is 33.3 Å². The summed E-state index contributed by atoms with van der Waals surface area (Å²) in [4.78, 5) is 23.2. The molecule has 3 rings (SSSR count). The normalized spacial score (nSPS) is 10.8. The highest BCUT2D eigenvalue weighted by Gasteiger charge is 2.17. The van der Waals surface area contributed by atoms with Crippen molar-refractivity contribution in [1.29, 1.82) is 0 Å². The van der Waals surface area contributed by atoms with Gasteiger partial charge in [-0.05, 0) is 6.92 Å². The fourth-order valence-corrected chi connectivity index (χ4v) is 2.82. The molecule has 0 spiro atoms. The number of benzene rings is 3. The Morgan fingerprint density at radius 2 is 1.25 bits per heavy atom. The van der Waals surface area contributed by atoms with Gasteiger partial charge in [0, 0.05) is 28.0 Å². The van der Waals surface area contributed by atoms with E-state index < -0.39 is 5.97 Å². The molecule has 0 atom stereocenters. The van der Waals surface area contributed by atoms with Crippen molar-refractivity contribution in [2.45, 2.75) is 19.8 Å². The van der Waals surface area contributed by atoms with Gasteiger partial charge in [-0.1, -0.05) is 48.5 Å². The standard InChI is InChI=1S/C20H18O4/c1-13(21)11-12-18(22)24-20-16-9-5-3-7-14(16)19(23-2)15-8-4-6-10-17(15)20/h3-10H,11-12H2,1-2H3. The fraction of sp³-hybridized carbons (Fsp3) is 0.200. The number of carbonyl (C=O) groups is 2. The van der Waals surface area contributed by atoms with Crippen LogP contribution in [0.3, 0.4) is 0 Å². The molecule has 0 heterocycles. The van der Waals surface area contributed by atoms with Crippen LogP contribution in [0.1, 0.15) is 19.8 Å². The van der Waals surface area contributed by atoms with E-state index >= 15 is 0 Å². The maximum atomic E-state index is 12.2. The SMILES string of the molecule is COc1c2ccccc2c(OC(=O)CCC(C)=O)c2ccccc12. The Kier molecular flexibility index (Phi) is 4.47. The molecule has 0 saturated heterocycles. The number of hydrogen-bond donors (Lipinski definition) is 0. The minimum atomic E-state index is -0.411. The lowest BCUT2D eigenvalue weighted by molar-refractivity contribution is -0.135. The molecule has 4 heteroatoms. The lowest BCUT2D eigenvalue weighted by atomic mass is 10.0. The molecule has 0 aliphatic carbocycles. The molecule has 3 aromatic rings. The zero-order chi connectivity index (χ0) is 17.1. The molecule has 4 nitrogen and oxygen atoms in total. The molecular weight excluding hydrogens is 304 g/mol. The van der Waals surface area contributed by atoms with Gasteiger partial charge >= 0.3 is 5.97 Å². The number of hydrogen-bond acceptors (Lipinski definition) is 4. The molecule has 0 radical (unpaired) electrons. The van der Waals surface area contributed by atoms with Crippen LogP contribution in [0.4, 0.5) is 0 Å². The van der Waals surface area contributed by atoms with Crippen molar-refractivity contribution in [2.75, 3.05) is 7.11 Å². The average molecular weight is 322 g/mol. The highest BCUT2D eigenvalue weighted by atomic mass is 16.5. The van der Waals surface area contributed by atoms with Gasteiger partial charge in [-0.25, -0.2) is 0 Å². The van der Waals surface area contributed by atoms with Gasteiger partial charge in [-0.15, -0.1) is 0 Å². The van der Waals surface area contributed by atoms with Gasteiger partial charge in [0.1, 0.15) is 17.3 Å². The Morgan fingerprint density at radius 1 is 0.792 bits per heavy atom. The zero-order valence-corrected chi connectivity index (χ0v) is 13.7. The summed E-state index contributed by atoms with van der Waals surface area (Å²) in [6.07, 6.45) is 0.259. The first-order valence-electron chi connectivity index (χ1n) is 7.79. The maximum Gasteiger partial charge on any atom is 0.311 e. The van der Waals surface area contributed by atoms with Crippen LogP contribution in [0.15, 0.2) is 48.5 Å². The predicted octanol–water partition coefficient (Wildman–Crippen LogP) is 4.28. The highest BCUT2D eigenvalue weighted by molar-refractivity contribution is 6.11. The van der Waals surface area contributed by atoms with Crippen LogP contribution in [0.2, 0.25) is 0 Å². The number of rotatable bonds is 5. The number of ether oxygens (including phenoxy) is 2. The van der Waals surface area contributed by atoms with Crippen molar-refractivity contribution in [3.63, 3.8) is 0 Å². The second-order valence-electron chi connectivity index (χ2n) is 5.63. The third kappa shape index (κ3) is 2.95. The Hall–Kier alpha value is -2.88.